The first-order valence-corrected chi connectivity index (χ1v) is 7.87. The van der Waals surface area contributed by atoms with Crippen molar-refractivity contribution in [1.82, 2.24) is 0 Å². The molecular weight excluding hydrogens is 264 g/mol. The van der Waals surface area contributed by atoms with Gasteiger partial charge in [0.25, 0.3) is 5.91 Å². The van der Waals surface area contributed by atoms with Crippen molar-refractivity contribution in [2.24, 2.45) is 5.73 Å². The number of rotatable bonds is 6. The van der Waals surface area contributed by atoms with E-state index in [0.717, 1.165) is 24.9 Å². The second-order valence-electron chi connectivity index (χ2n) is 5.73. The van der Waals surface area contributed by atoms with Crippen LogP contribution in [0.15, 0.2) is 24.3 Å². The molecule has 2 atom stereocenters. The molecule has 0 unspecified atom stereocenters. The highest BCUT2D eigenvalue weighted by Crippen LogP contribution is 2.23. The van der Waals surface area contributed by atoms with E-state index in [1.807, 2.05) is 19.2 Å². The summed E-state index contributed by atoms with van der Waals surface area (Å²) in [5, 5.41) is 0. The number of carbonyl (C=O) groups is 1. The summed E-state index contributed by atoms with van der Waals surface area (Å²) >= 11 is 0. The molecule has 1 fully saturated rings. The maximum atomic E-state index is 12.4. The van der Waals surface area contributed by atoms with Crippen LogP contribution in [-0.4, -0.2) is 31.7 Å². The van der Waals surface area contributed by atoms with Gasteiger partial charge in [0.15, 0.2) is 0 Å². The number of hydrogen-bond acceptors (Lipinski definition) is 3. The highest BCUT2D eigenvalue weighted by atomic mass is 16.5. The van der Waals surface area contributed by atoms with Crippen LogP contribution >= 0.6 is 0 Å². The van der Waals surface area contributed by atoms with Gasteiger partial charge in [-0.15, -0.1) is 0 Å². The lowest BCUT2D eigenvalue weighted by Gasteiger charge is -2.21. The minimum absolute atomic E-state index is 0.0206. The fraction of sp³-hybridized carbons (Fsp3) is 0.588. The largest absolute Gasteiger partial charge is 0.364 e. The van der Waals surface area contributed by atoms with Gasteiger partial charge in [0.1, 0.15) is 6.10 Å². The third kappa shape index (κ3) is 4.05. The zero-order valence-corrected chi connectivity index (χ0v) is 13.0. The molecule has 0 aromatic heterocycles. The van der Waals surface area contributed by atoms with E-state index in [4.69, 9.17) is 10.5 Å². The Morgan fingerprint density at radius 1 is 1.33 bits per heavy atom. The van der Waals surface area contributed by atoms with E-state index >= 15 is 0 Å². The minimum Gasteiger partial charge on any atom is -0.364 e. The predicted octanol–water partition coefficient (Wildman–Crippen LogP) is 2.50. The second kappa shape index (κ2) is 7.57. The maximum Gasteiger partial charge on any atom is 0.255 e. The summed E-state index contributed by atoms with van der Waals surface area (Å²) in [4.78, 5) is 14.1. The Labute approximate surface area is 127 Å². The number of anilines is 1. The number of unbranched alkanes of at least 4 members (excludes halogenated alkanes) is 1. The Morgan fingerprint density at radius 2 is 2.05 bits per heavy atom. The lowest BCUT2D eigenvalue weighted by molar-refractivity contribution is -0.128. The molecule has 4 heteroatoms. The Balaban J connectivity index is 1.96. The number of likely N-dealkylation sites (N-methyl/N-ethyl adjacent to an activating group) is 1. The Morgan fingerprint density at radius 3 is 2.62 bits per heavy atom. The van der Waals surface area contributed by atoms with Gasteiger partial charge in [-0.05, 0) is 43.4 Å². The first kappa shape index (κ1) is 16.0. The molecule has 4 nitrogen and oxygen atoms in total. The summed E-state index contributed by atoms with van der Waals surface area (Å²) in [6, 6.07) is 8.23. The second-order valence-corrected chi connectivity index (χ2v) is 5.73. The molecule has 0 aliphatic carbocycles. The fourth-order valence-electron chi connectivity index (χ4n) is 2.67. The van der Waals surface area contributed by atoms with Crippen molar-refractivity contribution in [3.8, 4) is 0 Å². The summed E-state index contributed by atoms with van der Waals surface area (Å²) in [6.45, 7) is 2.68. The van der Waals surface area contributed by atoms with Crippen LogP contribution in [0.1, 0.15) is 38.2 Å². The quantitative estimate of drug-likeness (QED) is 0.875. The molecule has 1 aromatic rings. The van der Waals surface area contributed by atoms with E-state index in [2.05, 4.69) is 19.1 Å². The van der Waals surface area contributed by atoms with Crippen LogP contribution < -0.4 is 10.6 Å². The number of amides is 1. The van der Waals surface area contributed by atoms with E-state index in [1.54, 1.807) is 4.90 Å². The highest BCUT2D eigenvalue weighted by Gasteiger charge is 2.32. The molecule has 21 heavy (non-hydrogen) atoms. The van der Waals surface area contributed by atoms with Crippen LogP contribution in [0.4, 0.5) is 5.69 Å². The van der Waals surface area contributed by atoms with Crippen molar-refractivity contribution in [3.63, 3.8) is 0 Å². The smallest absolute Gasteiger partial charge is 0.255 e. The Bertz CT molecular complexity index is 458. The summed E-state index contributed by atoms with van der Waals surface area (Å²) in [5.41, 5.74) is 7.83. The summed E-state index contributed by atoms with van der Waals surface area (Å²) in [7, 11) is 1.81. The molecule has 0 radical (unpaired) electrons. The SMILES string of the molecule is CCCCc1ccc(N(C)C(=O)[C@@H]2CC[C@H](CN)O2)cc1. The van der Waals surface area contributed by atoms with Gasteiger partial charge in [-0.2, -0.15) is 0 Å². The molecule has 1 heterocycles. The molecule has 0 bridgehead atoms. The molecule has 0 spiro atoms. The molecule has 116 valence electrons. The highest BCUT2D eigenvalue weighted by molar-refractivity contribution is 5.96. The van der Waals surface area contributed by atoms with Gasteiger partial charge in [0.2, 0.25) is 0 Å². The molecule has 0 saturated carbocycles. The third-order valence-corrected chi connectivity index (χ3v) is 4.12. The monoisotopic (exact) mass is 290 g/mol. The van der Waals surface area contributed by atoms with Gasteiger partial charge in [-0.25, -0.2) is 0 Å². The van der Waals surface area contributed by atoms with Crippen molar-refractivity contribution in [2.45, 2.75) is 51.2 Å². The first-order chi connectivity index (χ1) is 10.2. The molecular formula is C17H26N2O2. The minimum atomic E-state index is -0.344. The van der Waals surface area contributed by atoms with Crippen LogP contribution in [0, 0.1) is 0 Å². The van der Waals surface area contributed by atoms with E-state index < -0.39 is 0 Å². The van der Waals surface area contributed by atoms with Crippen molar-refractivity contribution in [2.75, 3.05) is 18.5 Å². The van der Waals surface area contributed by atoms with E-state index in [0.29, 0.717) is 6.54 Å². The molecule has 2 rings (SSSR count). The lowest BCUT2D eigenvalue weighted by atomic mass is 10.1. The van der Waals surface area contributed by atoms with Gasteiger partial charge in [-0.3, -0.25) is 4.79 Å². The number of nitrogens with zero attached hydrogens (tertiary/aromatic N) is 1. The Kier molecular flexibility index (Phi) is 5.76. The van der Waals surface area contributed by atoms with Gasteiger partial charge >= 0.3 is 0 Å². The fourth-order valence-corrected chi connectivity index (χ4v) is 2.67. The standard InChI is InChI=1S/C17H26N2O2/c1-3-4-5-13-6-8-14(9-7-13)19(2)17(20)16-11-10-15(12-18)21-16/h6-9,15-16H,3-5,10-12,18H2,1-2H3/t15-,16+/m1/s1. The normalized spacial score (nSPS) is 21.5. The van der Waals surface area contributed by atoms with Gasteiger partial charge in [-0.1, -0.05) is 25.5 Å². The number of ether oxygens (including phenoxy) is 1. The summed E-state index contributed by atoms with van der Waals surface area (Å²) in [5.74, 6) is 0.0206. The van der Waals surface area contributed by atoms with E-state index in [1.165, 1.54) is 18.4 Å². The van der Waals surface area contributed by atoms with Gasteiger partial charge < -0.3 is 15.4 Å². The number of hydrogen-bond donors (Lipinski definition) is 1. The molecule has 1 amide bonds. The van der Waals surface area contributed by atoms with Crippen LogP contribution in [0.3, 0.4) is 0 Å². The topological polar surface area (TPSA) is 55.6 Å². The zero-order valence-electron chi connectivity index (χ0n) is 13.0. The molecule has 1 aliphatic rings. The van der Waals surface area contributed by atoms with Gasteiger partial charge in [0.05, 0.1) is 6.10 Å². The number of carbonyl (C=O) groups excluding carboxylic acids is 1. The Hall–Kier alpha value is -1.39. The van der Waals surface area contributed by atoms with Crippen molar-refractivity contribution >= 4 is 11.6 Å². The van der Waals surface area contributed by atoms with Crippen LogP contribution in [-0.2, 0) is 16.0 Å². The molecule has 1 aromatic carbocycles. The van der Waals surface area contributed by atoms with E-state index in [9.17, 15) is 4.79 Å². The van der Waals surface area contributed by atoms with Crippen molar-refractivity contribution in [1.29, 1.82) is 0 Å². The molecule has 1 aliphatic heterocycles. The number of benzene rings is 1. The lowest BCUT2D eigenvalue weighted by Crippen LogP contribution is -2.37. The maximum absolute atomic E-state index is 12.4. The molecule has 1 saturated heterocycles. The zero-order chi connectivity index (χ0) is 15.2. The van der Waals surface area contributed by atoms with E-state index in [-0.39, 0.29) is 18.1 Å². The number of aryl methyl sites for hydroxylation is 1. The first-order valence-electron chi connectivity index (χ1n) is 7.87. The van der Waals surface area contributed by atoms with Crippen LogP contribution in [0.25, 0.3) is 0 Å². The van der Waals surface area contributed by atoms with Crippen molar-refractivity contribution in [3.05, 3.63) is 29.8 Å². The number of nitrogens with two attached hydrogens (primary N) is 1. The summed E-state index contributed by atoms with van der Waals surface area (Å²) < 4.78 is 5.68. The predicted molar refractivity (Wildman–Crippen MR) is 85.4 cm³/mol. The third-order valence-electron chi connectivity index (χ3n) is 4.12. The van der Waals surface area contributed by atoms with Gasteiger partial charge in [0, 0.05) is 19.3 Å². The summed E-state index contributed by atoms with van der Waals surface area (Å²) in [6.07, 6.45) is 4.81. The van der Waals surface area contributed by atoms with Crippen molar-refractivity contribution < 1.29 is 9.53 Å². The average molecular weight is 290 g/mol. The van der Waals surface area contributed by atoms with Crippen LogP contribution in [0.2, 0.25) is 0 Å². The average Bonchev–Trinajstić information content (AvgIpc) is 3.01. The van der Waals surface area contributed by atoms with Crippen LogP contribution in [0.5, 0.6) is 0 Å². The molecule has 2 N–H and O–H groups in total.